The molecule has 0 heterocycles. The summed E-state index contributed by atoms with van der Waals surface area (Å²) in [5, 5.41) is 4.76. The second-order valence-corrected chi connectivity index (χ2v) is 9.96. The molecule has 2 amide bonds. The molecule has 1 saturated carbocycles. The second-order valence-electron chi connectivity index (χ2n) is 8.68. The lowest BCUT2D eigenvalue weighted by molar-refractivity contribution is -0.141. The van der Waals surface area contributed by atoms with Crippen molar-refractivity contribution in [2.45, 2.75) is 70.5 Å². The van der Waals surface area contributed by atoms with Crippen LogP contribution in [-0.4, -0.2) is 35.4 Å². The van der Waals surface area contributed by atoms with Gasteiger partial charge in [0.2, 0.25) is 11.8 Å². The summed E-state index contributed by atoms with van der Waals surface area (Å²) in [4.78, 5) is 27.9. The van der Waals surface area contributed by atoms with Gasteiger partial charge in [-0.1, -0.05) is 60.1 Å². The zero-order chi connectivity index (χ0) is 24.5. The van der Waals surface area contributed by atoms with Crippen molar-refractivity contribution in [2.75, 3.05) is 6.61 Å². The summed E-state index contributed by atoms with van der Waals surface area (Å²) >= 11 is 18.3. The molecule has 0 spiro atoms. The first-order chi connectivity index (χ1) is 16.3. The molecule has 34 heavy (non-hydrogen) atoms. The third-order valence-corrected chi connectivity index (χ3v) is 6.93. The Bertz CT molecular complexity index is 962. The fourth-order valence-electron chi connectivity index (χ4n) is 4.07. The maximum absolute atomic E-state index is 13.2. The van der Waals surface area contributed by atoms with Crippen LogP contribution in [0.1, 0.15) is 57.4 Å². The molecular formula is C26H31Cl3N2O3. The first-order valence-corrected chi connectivity index (χ1v) is 12.9. The molecule has 1 aliphatic rings. The average Bonchev–Trinajstić information content (AvgIpc) is 2.82. The Labute approximate surface area is 216 Å². The van der Waals surface area contributed by atoms with E-state index in [1.54, 1.807) is 54.3 Å². The zero-order valence-electron chi connectivity index (χ0n) is 19.4. The monoisotopic (exact) mass is 524 g/mol. The van der Waals surface area contributed by atoms with Gasteiger partial charge >= 0.3 is 0 Å². The van der Waals surface area contributed by atoms with Gasteiger partial charge in [-0.3, -0.25) is 9.59 Å². The van der Waals surface area contributed by atoms with Gasteiger partial charge in [0.05, 0.1) is 6.61 Å². The molecule has 1 atom stereocenters. The van der Waals surface area contributed by atoms with Gasteiger partial charge in [0.15, 0.2) is 0 Å². The van der Waals surface area contributed by atoms with Gasteiger partial charge in [-0.2, -0.15) is 0 Å². The maximum atomic E-state index is 13.2. The molecule has 2 aromatic rings. The first kappa shape index (κ1) is 26.7. The molecule has 8 heteroatoms. The van der Waals surface area contributed by atoms with E-state index < -0.39 is 6.04 Å². The highest BCUT2D eigenvalue weighted by Gasteiger charge is 2.28. The van der Waals surface area contributed by atoms with Gasteiger partial charge in [-0.25, -0.2) is 0 Å². The van der Waals surface area contributed by atoms with E-state index in [-0.39, 0.29) is 30.8 Å². The molecule has 5 nitrogen and oxygen atoms in total. The van der Waals surface area contributed by atoms with Crippen molar-refractivity contribution in [1.82, 2.24) is 10.2 Å². The van der Waals surface area contributed by atoms with Crippen LogP contribution in [0.15, 0.2) is 42.5 Å². The summed E-state index contributed by atoms with van der Waals surface area (Å²) in [7, 11) is 0. The molecular weight excluding hydrogens is 495 g/mol. The van der Waals surface area contributed by atoms with Crippen LogP contribution in [0.4, 0.5) is 0 Å². The second kappa shape index (κ2) is 13.2. The van der Waals surface area contributed by atoms with Crippen molar-refractivity contribution in [2.24, 2.45) is 0 Å². The molecule has 0 radical (unpaired) electrons. The highest BCUT2D eigenvalue weighted by molar-refractivity contribution is 6.35. The minimum absolute atomic E-state index is 0.128. The number of hydrogen-bond donors (Lipinski definition) is 1. The third-order valence-electron chi connectivity index (χ3n) is 6.09. The Morgan fingerprint density at radius 2 is 1.71 bits per heavy atom. The summed E-state index contributed by atoms with van der Waals surface area (Å²) in [6, 6.07) is 11.8. The molecule has 0 aromatic heterocycles. The zero-order valence-corrected chi connectivity index (χ0v) is 21.6. The molecule has 1 aliphatic carbocycles. The molecule has 184 valence electrons. The van der Waals surface area contributed by atoms with Crippen molar-refractivity contribution < 1.29 is 14.3 Å². The Morgan fingerprint density at radius 3 is 2.38 bits per heavy atom. The summed E-state index contributed by atoms with van der Waals surface area (Å²) < 4.78 is 5.71. The minimum atomic E-state index is -0.627. The maximum Gasteiger partial charge on any atom is 0.242 e. The Kier molecular flexibility index (Phi) is 10.4. The number of ether oxygens (including phenoxy) is 1. The Morgan fingerprint density at radius 1 is 1.03 bits per heavy atom. The molecule has 0 unspecified atom stereocenters. The van der Waals surface area contributed by atoms with Crippen LogP contribution in [0.2, 0.25) is 15.1 Å². The van der Waals surface area contributed by atoms with Gasteiger partial charge in [0.25, 0.3) is 0 Å². The highest BCUT2D eigenvalue weighted by atomic mass is 35.5. The van der Waals surface area contributed by atoms with Crippen LogP contribution >= 0.6 is 34.8 Å². The summed E-state index contributed by atoms with van der Waals surface area (Å²) in [5.41, 5.74) is 0.745. The van der Waals surface area contributed by atoms with Crippen LogP contribution in [0.25, 0.3) is 0 Å². The number of amides is 2. The number of nitrogens with zero attached hydrogens (tertiary/aromatic N) is 1. The smallest absolute Gasteiger partial charge is 0.242 e. The highest BCUT2D eigenvalue weighted by Crippen LogP contribution is 2.24. The largest absolute Gasteiger partial charge is 0.494 e. The van der Waals surface area contributed by atoms with Gasteiger partial charge in [-0.15, -0.1) is 0 Å². The third kappa shape index (κ3) is 8.07. The number of hydrogen-bond acceptors (Lipinski definition) is 3. The molecule has 0 bridgehead atoms. The molecule has 0 aliphatic heterocycles. The van der Waals surface area contributed by atoms with Crippen LogP contribution < -0.4 is 10.1 Å². The lowest BCUT2D eigenvalue weighted by atomic mass is 9.95. The van der Waals surface area contributed by atoms with E-state index in [4.69, 9.17) is 39.5 Å². The molecule has 3 rings (SSSR count). The van der Waals surface area contributed by atoms with E-state index in [0.717, 1.165) is 31.2 Å². The lowest BCUT2D eigenvalue weighted by Gasteiger charge is -2.31. The fraction of sp³-hybridized carbons (Fsp3) is 0.462. The van der Waals surface area contributed by atoms with Gasteiger partial charge in [-0.05, 0) is 68.1 Å². The van der Waals surface area contributed by atoms with Crippen LogP contribution in [0, 0.1) is 0 Å². The summed E-state index contributed by atoms with van der Waals surface area (Å²) in [6.45, 7) is 2.38. The van der Waals surface area contributed by atoms with Crippen molar-refractivity contribution in [1.29, 1.82) is 0 Å². The summed E-state index contributed by atoms with van der Waals surface area (Å²) in [5.74, 6) is 0.432. The van der Waals surface area contributed by atoms with Crippen LogP contribution in [-0.2, 0) is 16.1 Å². The Balaban J connectivity index is 1.63. The van der Waals surface area contributed by atoms with Crippen molar-refractivity contribution in [3.05, 3.63) is 63.1 Å². The van der Waals surface area contributed by atoms with Crippen LogP contribution in [0.3, 0.4) is 0 Å². The van der Waals surface area contributed by atoms with Gasteiger partial charge < -0.3 is 15.0 Å². The first-order valence-electron chi connectivity index (χ1n) is 11.8. The molecule has 1 fully saturated rings. The van der Waals surface area contributed by atoms with Crippen molar-refractivity contribution in [3.8, 4) is 5.75 Å². The predicted octanol–water partition coefficient (Wildman–Crippen LogP) is 6.67. The van der Waals surface area contributed by atoms with E-state index in [1.807, 2.05) is 0 Å². The fourth-order valence-corrected chi connectivity index (χ4v) is 4.67. The number of benzene rings is 2. The predicted molar refractivity (Wildman–Crippen MR) is 138 cm³/mol. The van der Waals surface area contributed by atoms with E-state index in [9.17, 15) is 9.59 Å². The Hall–Kier alpha value is -1.95. The van der Waals surface area contributed by atoms with E-state index >= 15 is 0 Å². The molecule has 1 N–H and O–H groups in total. The van der Waals surface area contributed by atoms with E-state index in [2.05, 4.69) is 5.32 Å². The number of rotatable bonds is 10. The molecule has 0 saturated heterocycles. The number of carbonyl (C=O) groups is 2. The number of nitrogens with one attached hydrogen (secondary N) is 1. The lowest BCUT2D eigenvalue weighted by Crippen LogP contribution is -2.50. The van der Waals surface area contributed by atoms with Gasteiger partial charge in [0.1, 0.15) is 11.8 Å². The quantitative estimate of drug-likeness (QED) is 0.352. The SMILES string of the molecule is C[C@@H](C(=O)NC1CCCCC1)N(Cc1ccc(Cl)cc1Cl)C(=O)CCCOc1ccc(Cl)cc1. The topological polar surface area (TPSA) is 58.6 Å². The van der Waals surface area contributed by atoms with Crippen molar-refractivity contribution in [3.63, 3.8) is 0 Å². The van der Waals surface area contributed by atoms with Gasteiger partial charge in [0, 0.05) is 34.1 Å². The van der Waals surface area contributed by atoms with Crippen LogP contribution in [0.5, 0.6) is 5.75 Å². The molecule has 2 aromatic carbocycles. The van der Waals surface area contributed by atoms with E-state index in [1.165, 1.54) is 6.42 Å². The number of carbonyl (C=O) groups excluding carboxylic acids is 2. The average molecular weight is 526 g/mol. The number of halogens is 3. The summed E-state index contributed by atoms with van der Waals surface area (Å²) in [6.07, 6.45) is 6.18. The standard InChI is InChI=1S/C26H31Cl3N2O3/c1-18(26(33)30-22-6-3-2-4-7-22)31(17-19-9-10-21(28)16-24(19)29)25(32)8-5-15-34-23-13-11-20(27)12-14-23/h9-14,16,18,22H,2-8,15,17H2,1H3,(H,30,33)/t18-/m0/s1. The normalized spacial score (nSPS) is 14.9. The van der Waals surface area contributed by atoms with E-state index in [0.29, 0.717) is 33.8 Å². The van der Waals surface area contributed by atoms with Crippen molar-refractivity contribution >= 4 is 46.6 Å². The minimum Gasteiger partial charge on any atom is -0.494 e.